The van der Waals surface area contributed by atoms with E-state index in [1.54, 1.807) is 18.2 Å². The van der Waals surface area contributed by atoms with E-state index >= 15 is 0 Å². The van der Waals surface area contributed by atoms with Gasteiger partial charge in [0.2, 0.25) is 5.91 Å². The van der Waals surface area contributed by atoms with Gasteiger partial charge in [-0.15, -0.1) is 0 Å². The van der Waals surface area contributed by atoms with Gasteiger partial charge >= 0.3 is 6.03 Å². The summed E-state index contributed by atoms with van der Waals surface area (Å²) in [5.41, 5.74) is 6.54. The lowest BCUT2D eigenvalue weighted by atomic mass is 10.1. The van der Waals surface area contributed by atoms with Crippen LogP contribution in [0.5, 0.6) is 0 Å². The molecule has 1 aromatic carbocycles. The van der Waals surface area contributed by atoms with Crippen molar-refractivity contribution in [3.05, 3.63) is 23.2 Å². The maximum absolute atomic E-state index is 12.0. The van der Waals surface area contributed by atoms with E-state index in [0.717, 1.165) is 11.0 Å². The van der Waals surface area contributed by atoms with Crippen LogP contribution in [0.25, 0.3) is 11.0 Å². The minimum atomic E-state index is -0.859. The molecule has 4 N–H and O–H groups in total. The van der Waals surface area contributed by atoms with Crippen molar-refractivity contribution >= 4 is 46.3 Å². The van der Waals surface area contributed by atoms with Crippen molar-refractivity contribution in [2.75, 3.05) is 0 Å². The van der Waals surface area contributed by atoms with Crippen LogP contribution in [-0.4, -0.2) is 27.2 Å². The first kappa shape index (κ1) is 15.7. The van der Waals surface area contributed by atoms with Gasteiger partial charge in [-0.1, -0.05) is 37.2 Å². The number of nitrogens with zero attached hydrogens (tertiary/aromatic N) is 1. The highest BCUT2D eigenvalue weighted by Gasteiger charge is 2.25. The number of amides is 3. The summed E-state index contributed by atoms with van der Waals surface area (Å²) in [6, 6.07) is 4.45. The average Bonchev–Trinajstić information content (AvgIpc) is 2.76. The number of hydrogen-bond donors (Lipinski definition) is 3. The summed E-state index contributed by atoms with van der Waals surface area (Å²) in [7, 11) is 0. The number of aromatic nitrogens is 2. The number of hydrogen-bond acceptors (Lipinski definition) is 4. The maximum Gasteiger partial charge on any atom is 0.318 e. The molecule has 0 bridgehead atoms. The second kappa shape index (κ2) is 6.36. The number of aromatic amines is 1. The summed E-state index contributed by atoms with van der Waals surface area (Å²) >= 11 is 7.17. The molecular weight excluding hydrogens is 312 g/mol. The first-order chi connectivity index (χ1) is 9.86. The summed E-state index contributed by atoms with van der Waals surface area (Å²) < 4.78 is 0. The van der Waals surface area contributed by atoms with Gasteiger partial charge in [0.25, 0.3) is 0 Å². The molecular formula is C13H15ClN4O2S. The lowest BCUT2D eigenvalue weighted by Gasteiger charge is -2.17. The van der Waals surface area contributed by atoms with Crippen LogP contribution in [-0.2, 0) is 4.79 Å². The Bertz CT molecular complexity index is 686. The summed E-state index contributed by atoms with van der Waals surface area (Å²) in [5.74, 6) is -0.424. The van der Waals surface area contributed by atoms with Gasteiger partial charge in [0.1, 0.15) is 0 Å². The number of halogens is 1. The topological polar surface area (TPSA) is 101 Å². The van der Waals surface area contributed by atoms with Crippen molar-refractivity contribution in [1.29, 1.82) is 0 Å². The molecule has 8 heteroatoms. The number of rotatable bonds is 4. The first-order valence-electron chi connectivity index (χ1n) is 6.29. The van der Waals surface area contributed by atoms with Gasteiger partial charge in [-0.2, -0.15) is 0 Å². The van der Waals surface area contributed by atoms with Gasteiger partial charge in [-0.05, 0) is 24.1 Å². The van der Waals surface area contributed by atoms with Crippen LogP contribution in [0.15, 0.2) is 23.4 Å². The van der Waals surface area contributed by atoms with Gasteiger partial charge in [0, 0.05) is 5.02 Å². The number of carbonyl (C=O) groups is 2. The van der Waals surface area contributed by atoms with Crippen LogP contribution in [0.3, 0.4) is 0 Å². The zero-order chi connectivity index (χ0) is 15.6. The molecule has 0 saturated carbocycles. The third kappa shape index (κ3) is 3.89. The smallest absolute Gasteiger partial charge is 0.318 e. The normalized spacial score (nSPS) is 12.6. The highest BCUT2D eigenvalue weighted by atomic mass is 35.5. The Hall–Kier alpha value is -1.73. The standard InChI is InChI=1S/C13H15ClN4O2S/c1-6(2)10(11(19)18-12(15)20)21-13-16-8-4-3-7(14)5-9(8)17-13/h3-6,10H,1-2H3,(H,16,17)(H3,15,18,19,20). The molecule has 0 fully saturated rings. The molecule has 0 saturated heterocycles. The molecule has 0 spiro atoms. The molecule has 3 amide bonds. The number of H-pyrrole nitrogens is 1. The highest BCUT2D eigenvalue weighted by Crippen LogP contribution is 2.28. The number of carbonyl (C=O) groups excluding carboxylic acids is 2. The largest absolute Gasteiger partial charge is 0.351 e. The van der Waals surface area contributed by atoms with Crippen LogP contribution < -0.4 is 11.1 Å². The Morgan fingerprint density at radius 1 is 1.43 bits per heavy atom. The van der Waals surface area contributed by atoms with E-state index in [0.29, 0.717) is 10.2 Å². The molecule has 1 unspecified atom stereocenters. The predicted molar refractivity (Wildman–Crippen MR) is 83.3 cm³/mol. The van der Waals surface area contributed by atoms with Crippen molar-refractivity contribution in [3.63, 3.8) is 0 Å². The number of primary amides is 1. The third-order valence-electron chi connectivity index (χ3n) is 2.77. The van der Waals surface area contributed by atoms with Crippen LogP contribution >= 0.6 is 23.4 Å². The molecule has 1 aromatic heterocycles. The van der Waals surface area contributed by atoms with Gasteiger partial charge in [-0.25, -0.2) is 9.78 Å². The number of imide groups is 1. The van der Waals surface area contributed by atoms with Gasteiger partial charge in [-0.3, -0.25) is 10.1 Å². The molecule has 21 heavy (non-hydrogen) atoms. The van der Waals surface area contributed by atoms with Crippen molar-refractivity contribution in [2.24, 2.45) is 11.7 Å². The second-order valence-corrected chi connectivity index (χ2v) is 6.41. The summed E-state index contributed by atoms with van der Waals surface area (Å²) in [6.07, 6.45) is 0. The predicted octanol–water partition coefficient (Wildman–Crippen LogP) is 2.53. The van der Waals surface area contributed by atoms with E-state index in [1.807, 2.05) is 13.8 Å². The number of benzene rings is 1. The lowest BCUT2D eigenvalue weighted by Crippen LogP contribution is -2.42. The van der Waals surface area contributed by atoms with E-state index in [9.17, 15) is 9.59 Å². The fourth-order valence-corrected chi connectivity index (χ4v) is 2.99. The molecule has 0 aliphatic heterocycles. The Morgan fingerprint density at radius 2 is 2.14 bits per heavy atom. The molecule has 112 valence electrons. The van der Waals surface area contributed by atoms with Crippen LogP contribution in [0, 0.1) is 5.92 Å². The summed E-state index contributed by atoms with van der Waals surface area (Å²) in [4.78, 5) is 30.3. The fourth-order valence-electron chi connectivity index (χ4n) is 1.82. The van der Waals surface area contributed by atoms with Gasteiger partial charge in [0.15, 0.2) is 5.16 Å². The fraction of sp³-hybridized carbons (Fsp3) is 0.308. The summed E-state index contributed by atoms with van der Waals surface area (Å²) in [5, 5.41) is 2.82. The van der Waals surface area contributed by atoms with Gasteiger partial charge in [0.05, 0.1) is 16.3 Å². The molecule has 0 radical (unpaired) electrons. The van der Waals surface area contributed by atoms with E-state index in [2.05, 4.69) is 15.3 Å². The lowest BCUT2D eigenvalue weighted by molar-refractivity contribution is -0.120. The van der Waals surface area contributed by atoms with Crippen molar-refractivity contribution in [2.45, 2.75) is 24.3 Å². The Labute approximate surface area is 130 Å². The molecule has 6 nitrogen and oxygen atoms in total. The zero-order valence-electron chi connectivity index (χ0n) is 11.5. The van der Waals surface area contributed by atoms with Crippen molar-refractivity contribution in [1.82, 2.24) is 15.3 Å². The molecule has 2 rings (SSSR count). The minimum absolute atomic E-state index is 0.00569. The Morgan fingerprint density at radius 3 is 2.76 bits per heavy atom. The number of nitrogens with two attached hydrogens (primary N) is 1. The summed E-state index contributed by atoms with van der Waals surface area (Å²) in [6.45, 7) is 3.77. The second-order valence-electron chi connectivity index (χ2n) is 4.84. The highest BCUT2D eigenvalue weighted by molar-refractivity contribution is 8.00. The minimum Gasteiger partial charge on any atom is -0.351 e. The zero-order valence-corrected chi connectivity index (χ0v) is 13.1. The quantitative estimate of drug-likeness (QED) is 0.751. The number of imidazole rings is 1. The van der Waals surface area contributed by atoms with Crippen LogP contribution in [0.2, 0.25) is 5.02 Å². The molecule has 0 aliphatic carbocycles. The van der Waals surface area contributed by atoms with Crippen LogP contribution in [0.4, 0.5) is 4.79 Å². The van der Waals surface area contributed by atoms with E-state index < -0.39 is 17.2 Å². The van der Waals surface area contributed by atoms with E-state index in [-0.39, 0.29) is 5.92 Å². The number of nitrogens with one attached hydrogen (secondary N) is 2. The number of thioether (sulfide) groups is 1. The van der Waals surface area contributed by atoms with Crippen molar-refractivity contribution < 1.29 is 9.59 Å². The first-order valence-corrected chi connectivity index (χ1v) is 7.55. The number of fused-ring (bicyclic) bond motifs is 1. The average molecular weight is 327 g/mol. The van der Waals surface area contributed by atoms with Crippen LogP contribution in [0.1, 0.15) is 13.8 Å². The molecule has 1 atom stereocenters. The third-order valence-corrected chi connectivity index (χ3v) is 4.44. The molecule has 1 heterocycles. The Balaban J connectivity index is 2.22. The van der Waals surface area contributed by atoms with Crippen molar-refractivity contribution in [3.8, 4) is 0 Å². The number of urea groups is 1. The molecule has 2 aromatic rings. The SMILES string of the molecule is CC(C)C(Sc1nc2ccc(Cl)cc2[nH]1)C(=O)NC(N)=O. The van der Waals surface area contributed by atoms with Gasteiger partial charge < -0.3 is 10.7 Å². The molecule has 0 aliphatic rings. The van der Waals surface area contributed by atoms with E-state index in [1.165, 1.54) is 11.8 Å². The maximum atomic E-state index is 12.0. The Kier molecular flexibility index (Phi) is 4.74. The van der Waals surface area contributed by atoms with E-state index in [4.69, 9.17) is 17.3 Å². The monoisotopic (exact) mass is 326 g/mol.